The van der Waals surface area contributed by atoms with E-state index in [1.807, 2.05) is 19.1 Å². The average Bonchev–Trinajstić information content (AvgIpc) is 3.34. The van der Waals surface area contributed by atoms with Gasteiger partial charge < -0.3 is 9.26 Å². The van der Waals surface area contributed by atoms with E-state index in [0.29, 0.717) is 30.9 Å². The van der Waals surface area contributed by atoms with E-state index in [4.69, 9.17) is 9.26 Å². The second-order valence-corrected chi connectivity index (χ2v) is 7.01. The Bertz CT molecular complexity index is 871. The van der Waals surface area contributed by atoms with E-state index in [1.54, 1.807) is 0 Å². The van der Waals surface area contributed by atoms with E-state index in [9.17, 15) is 0 Å². The number of rotatable bonds is 6. The zero-order valence-electron chi connectivity index (χ0n) is 15.9. The summed E-state index contributed by atoms with van der Waals surface area (Å²) < 4.78 is 11.1. The highest BCUT2D eigenvalue weighted by Crippen LogP contribution is 2.34. The van der Waals surface area contributed by atoms with Gasteiger partial charge in [-0.15, -0.1) is 0 Å². The van der Waals surface area contributed by atoms with Crippen LogP contribution in [0.1, 0.15) is 42.8 Å². The molecule has 3 aromatic rings. The Morgan fingerprint density at radius 3 is 2.63 bits per heavy atom. The summed E-state index contributed by atoms with van der Waals surface area (Å²) in [5.41, 5.74) is 3.52. The fraction of sp³-hybridized carbons (Fsp3) is 0.364. The van der Waals surface area contributed by atoms with Crippen molar-refractivity contribution in [2.75, 3.05) is 13.2 Å². The molecule has 0 saturated carbocycles. The Balaban J connectivity index is 1.46. The highest BCUT2D eigenvalue weighted by atomic mass is 16.5. The Morgan fingerprint density at radius 2 is 1.89 bits per heavy atom. The molecule has 2 aromatic carbocycles. The first kappa shape index (κ1) is 17.7. The third-order valence-corrected chi connectivity index (χ3v) is 5.06. The van der Waals surface area contributed by atoms with Crippen LogP contribution in [0.2, 0.25) is 0 Å². The lowest BCUT2D eigenvalue weighted by Crippen LogP contribution is -2.22. The maximum Gasteiger partial charge on any atom is 0.241 e. The van der Waals surface area contributed by atoms with Gasteiger partial charge in [-0.25, -0.2) is 0 Å². The number of hydrogen-bond acceptors (Lipinski definition) is 5. The van der Waals surface area contributed by atoms with Crippen LogP contribution >= 0.6 is 0 Å². The molecule has 5 heteroatoms. The standard InChI is InChI=1S/C22H25N3O2/c1-3-26-19-12-10-17(11-13-19)20-5-4-14-25(20)15-21-23-22(24-27-21)18-8-6-16(2)7-9-18/h6-13,20H,3-5,14-15H2,1-2H3/t20-/m0/s1. The van der Waals surface area contributed by atoms with Crippen LogP contribution in [-0.2, 0) is 6.54 Å². The van der Waals surface area contributed by atoms with Crippen molar-refractivity contribution < 1.29 is 9.26 Å². The van der Waals surface area contributed by atoms with Gasteiger partial charge in [-0.3, -0.25) is 4.90 Å². The lowest BCUT2D eigenvalue weighted by Gasteiger charge is -2.23. The van der Waals surface area contributed by atoms with Crippen molar-refractivity contribution in [2.45, 2.75) is 39.3 Å². The minimum absolute atomic E-state index is 0.385. The Morgan fingerprint density at radius 1 is 1.11 bits per heavy atom. The van der Waals surface area contributed by atoms with Gasteiger partial charge in [0.1, 0.15) is 5.75 Å². The number of ether oxygens (including phenoxy) is 1. The zero-order valence-corrected chi connectivity index (χ0v) is 15.9. The zero-order chi connectivity index (χ0) is 18.6. The summed E-state index contributed by atoms with van der Waals surface area (Å²) in [7, 11) is 0. The first-order valence-corrected chi connectivity index (χ1v) is 9.59. The molecule has 0 spiro atoms. The lowest BCUT2D eigenvalue weighted by atomic mass is 10.0. The molecule has 1 aliphatic rings. The summed E-state index contributed by atoms with van der Waals surface area (Å²) in [4.78, 5) is 7.02. The van der Waals surface area contributed by atoms with E-state index in [2.05, 4.69) is 58.4 Å². The molecule has 140 valence electrons. The molecule has 0 bridgehead atoms. The van der Waals surface area contributed by atoms with Crippen LogP contribution in [-0.4, -0.2) is 28.2 Å². The maximum absolute atomic E-state index is 5.55. The summed E-state index contributed by atoms with van der Waals surface area (Å²) in [6.45, 7) is 6.48. The molecule has 1 fully saturated rings. The fourth-order valence-corrected chi connectivity index (χ4v) is 3.66. The lowest BCUT2D eigenvalue weighted by molar-refractivity contribution is 0.212. The summed E-state index contributed by atoms with van der Waals surface area (Å²) >= 11 is 0. The number of likely N-dealkylation sites (tertiary alicyclic amines) is 1. The molecule has 0 radical (unpaired) electrons. The highest BCUT2D eigenvalue weighted by Gasteiger charge is 2.27. The number of benzene rings is 2. The van der Waals surface area contributed by atoms with Crippen molar-refractivity contribution in [1.82, 2.24) is 15.0 Å². The van der Waals surface area contributed by atoms with E-state index in [1.165, 1.54) is 17.5 Å². The summed E-state index contributed by atoms with van der Waals surface area (Å²) in [6, 6.07) is 17.0. The second-order valence-electron chi connectivity index (χ2n) is 7.01. The van der Waals surface area contributed by atoms with Gasteiger partial charge in [-0.2, -0.15) is 4.98 Å². The molecule has 1 atom stereocenters. The van der Waals surface area contributed by atoms with E-state index in [0.717, 1.165) is 24.3 Å². The molecular formula is C22H25N3O2. The topological polar surface area (TPSA) is 51.4 Å². The van der Waals surface area contributed by atoms with Crippen LogP contribution in [0, 0.1) is 6.92 Å². The molecule has 1 saturated heterocycles. The van der Waals surface area contributed by atoms with Gasteiger partial charge in [0.25, 0.3) is 0 Å². The van der Waals surface area contributed by atoms with E-state index < -0.39 is 0 Å². The van der Waals surface area contributed by atoms with Crippen molar-refractivity contribution in [2.24, 2.45) is 0 Å². The Hall–Kier alpha value is -2.66. The summed E-state index contributed by atoms with van der Waals surface area (Å²) in [5, 5.41) is 4.16. The minimum atomic E-state index is 0.385. The molecule has 0 amide bonds. The second kappa shape index (κ2) is 7.92. The van der Waals surface area contributed by atoms with Crippen LogP contribution in [0.25, 0.3) is 11.4 Å². The maximum atomic E-state index is 5.55. The Kier molecular flexibility index (Phi) is 5.21. The van der Waals surface area contributed by atoms with Gasteiger partial charge in [0, 0.05) is 11.6 Å². The predicted molar refractivity (Wildman–Crippen MR) is 104 cm³/mol. The van der Waals surface area contributed by atoms with Gasteiger partial charge in [-0.05, 0) is 50.9 Å². The van der Waals surface area contributed by atoms with Crippen molar-refractivity contribution in [3.05, 3.63) is 65.5 Å². The molecule has 5 nitrogen and oxygen atoms in total. The SMILES string of the molecule is CCOc1ccc([C@@H]2CCCN2Cc2nc(-c3ccc(C)cc3)no2)cc1. The van der Waals surface area contributed by atoms with Gasteiger partial charge in [0.05, 0.1) is 13.2 Å². The number of aromatic nitrogens is 2. The number of hydrogen-bond donors (Lipinski definition) is 0. The summed E-state index contributed by atoms with van der Waals surface area (Å²) in [5.74, 6) is 2.25. The smallest absolute Gasteiger partial charge is 0.241 e. The van der Waals surface area contributed by atoms with E-state index >= 15 is 0 Å². The molecule has 1 aliphatic heterocycles. The fourth-order valence-electron chi connectivity index (χ4n) is 3.66. The minimum Gasteiger partial charge on any atom is -0.494 e. The first-order valence-electron chi connectivity index (χ1n) is 9.59. The van der Waals surface area contributed by atoms with Crippen molar-refractivity contribution in [1.29, 1.82) is 0 Å². The first-order chi connectivity index (χ1) is 13.2. The van der Waals surface area contributed by atoms with Crippen LogP contribution < -0.4 is 4.74 Å². The molecule has 0 aliphatic carbocycles. The van der Waals surface area contributed by atoms with Crippen molar-refractivity contribution in [3.63, 3.8) is 0 Å². The molecule has 0 N–H and O–H groups in total. The van der Waals surface area contributed by atoms with Crippen molar-refractivity contribution in [3.8, 4) is 17.1 Å². The van der Waals surface area contributed by atoms with Crippen LogP contribution in [0.3, 0.4) is 0 Å². The average molecular weight is 363 g/mol. The number of aryl methyl sites for hydroxylation is 1. The van der Waals surface area contributed by atoms with Crippen LogP contribution in [0.4, 0.5) is 0 Å². The Labute approximate surface area is 160 Å². The van der Waals surface area contributed by atoms with Gasteiger partial charge in [0.15, 0.2) is 0 Å². The van der Waals surface area contributed by atoms with Crippen molar-refractivity contribution >= 4 is 0 Å². The molecular weight excluding hydrogens is 338 g/mol. The monoisotopic (exact) mass is 363 g/mol. The largest absolute Gasteiger partial charge is 0.494 e. The van der Waals surface area contributed by atoms with E-state index in [-0.39, 0.29) is 0 Å². The third kappa shape index (κ3) is 4.03. The molecule has 2 heterocycles. The van der Waals surface area contributed by atoms with Crippen LogP contribution in [0.15, 0.2) is 53.1 Å². The van der Waals surface area contributed by atoms with Gasteiger partial charge in [-0.1, -0.05) is 47.1 Å². The molecule has 1 aromatic heterocycles. The van der Waals surface area contributed by atoms with Crippen LogP contribution in [0.5, 0.6) is 5.75 Å². The molecule has 27 heavy (non-hydrogen) atoms. The molecule has 0 unspecified atom stereocenters. The van der Waals surface area contributed by atoms with Gasteiger partial charge >= 0.3 is 0 Å². The highest BCUT2D eigenvalue weighted by molar-refractivity contribution is 5.54. The summed E-state index contributed by atoms with van der Waals surface area (Å²) in [6.07, 6.45) is 2.32. The number of nitrogens with zero attached hydrogens (tertiary/aromatic N) is 3. The quantitative estimate of drug-likeness (QED) is 0.631. The molecule has 4 rings (SSSR count). The third-order valence-electron chi connectivity index (χ3n) is 5.06. The predicted octanol–water partition coefficient (Wildman–Crippen LogP) is 4.78. The normalized spacial score (nSPS) is 17.3. The van der Waals surface area contributed by atoms with Gasteiger partial charge in [0.2, 0.25) is 11.7 Å².